The number of carbonyl (C=O) groups is 1. The molecule has 3 N–H and O–H groups in total. The van der Waals surface area contributed by atoms with E-state index in [-0.39, 0.29) is 12.1 Å². The lowest BCUT2D eigenvalue weighted by Gasteiger charge is -2.14. The predicted molar refractivity (Wildman–Crippen MR) is 149 cm³/mol. The summed E-state index contributed by atoms with van der Waals surface area (Å²) >= 11 is 0. The first-order valence-electron chi connectivity index (χ1n) is 12.6. The summed E-state index contributed by atoms with van der Waals surface area (Å²) in [6.07, 6.45) is -2.15. The van der Waals surface area contributed by atoms with Gasteiger partial charge >= 0.3 is 6.18 Å². The Hall–Kier alpha value is -5.71. The molecule has 220 valence electrons. The first-order valence-corrected chi connectivity index (χ1v) is 12.6. The van der Waals surface area contributed by atoms with Gasteiger partial charge in [0, 0.05) is 30.2 Å². The number of H-pyrrole nitrogens is 1. The highest BCUT2D eigenvalue weighted by atomic mass is 19.4. The third-order valence-corrected chi connectivity index (χ3v) is 6.50. The molecule has 5 aromatic rings. The molecular weight excluding hydrogens is 567 g/mol. The van der Waals surface area contributed by atoms with E-state index in [0.29, 0.717) is 51.2 Å². The summed E-state index contributed by atoms with van der Waals surface area (Å²) in [7, 11) is 4.53. The van der Waals surface area contributed by atoms with Crippen LogP contribution in [0.1, 0.15) is 27.2 Å². The number of methoxy groups -OCH3 is 3. The Morgan fingerprint density at radius 2 is 1.74 bits per heavy atom. The highest BCUT2D eigenvalue weighted by Crippen LogP contribution is 2.43. The summed E-state index contributed by atoms with van der Waals surface area (Å²) in [5.41, 5.74) is 2.25. The van der Waals surface area contributed by atoms with Crippen molar-refractivity contribution in [1.29, 1.82) is 5.26 Å². The number of carbonyl (C=O) groups excluding carboxylic acids is 1. The van der Waals surface area contributed by atoms with E-state index in [1.807, 2.05) is 0 Å². The number of nitriles is 1. The van der Waals surface area contributed by atoms with Crippen molar-refractivity contribution in [3.8, 4) is 34.6 Å². The zero-order valence-corrected chi connectivity index (χ0v) is 23.0. The van der Waals surface area contributed by atoms with E-state index in [9.17, 15) is 23.2 Å². The summed E-state index contributed by atoms with van der Waals surface area (Å²) in [5.74, 6) is 1.25. The number of amides is 1. The van der Waals surface area contributed by atoms with E-state index in [1.54, 1.807) is 47.1 Å². The molecule has 1 amide bonds. The maximum absolute atomic E-state index is 12.7. The van der Waals surface area contributed by atoms with Crippen LogP contribution in [0, 0.1) is 11.3 Å². The standard InChI is InChI=1S/C29H24F3N7O4/c1-41-21-10-18(11-22(42-2)25(21)43-3)24-27(39-26(38-24)19(12-33)15-36-39)37-20-7-4-16(5-8-20)13-35-28(40)17-6-9-23(34-14-17)29(30,31)32/h4-11,14-15,36-37H,13H2,1-3H3,(H,35,40). The minimum absolute atomic E-state index is 0.0121. The number of rotatable bonds is 9. The molecule has 0 aliphatic rings. The lowest BCUT2D eigenvalue weighted by Crippen LogP contribution is -2.23. The van der Waals surface area contributed by atoms with Crippen LogP contribution >= 0.6 is 0 Å². The number of aromatic nitrogens is 4. The quantitative estimate of drug-likeness (QED) is 0.210. The number of hydrogen-bond donors (Lipinski definition) is 3. The number of aromatic amines is 1. The van der Waals surface area contributed by atoms with Crippen LogP contribution in [0.3, 0.4) is 0 Å². The number of anilines is 2. The molecule has 0 radical (unpaired) electrons. The van der Waals surface area contributed by atoms with E-state index in [0.717, 1.165) is 23.9 Å². The van der Waals surface area contributed by atoms with Gasteiger partial charge in [0.2, 0.25) is 5.75 Å². The predicted octanol–water partition coefficient (Wildman–Crippen LogP) is 5.31. The highest BCUT2D eigenvalue weighted by molar-refractivity contribution is 5.93. The minimum atomic E-state index is -4.58. The normalized spacial score (nSPS) is 11.2. The third-order valence-electron chi connectivity index (χ3n) is 6.50. The van der Waals surface area contributed by atoms with E-state index in [2.05, 4.69) is 26.8 Å². The summed E-state index contributed by atoms with van der Waals surface area (Å²) in [6, 6.07) is 14.6. The van der Waals surface area contributed by atoms with Crippen LogP contribution < -0.4 is 24.8 Å². The van der Waals surface area contributed by atoms with Crippen LogP contribution in [0.15, 0.2) is 60.9 Å². The fourth-order valence-electron chi connectivity index (χ4n) is 4.36. The number of nitrogens with zero attached hydrogens (tertiary/aromatic N) is 4. The number of benzene rings is 2. The Labute approximate surface area is 242 Å². The smallest absolute Gasteiger partial charge is 0.433 e. The van der Waals surface area contributed by atoms with Gasteiger partial charge in [-0.05, 0) is 42.0 Å². The molecule has 0 atom stereocenters. The molecule has 0 spiro atoms. The number of nitrogens with one attached hydrogen (secondary N) is 3. The summed E-state index contributed by atoms with van der Waals surface area (Å²) in [6.45, 7) is 0.135. The number of imidazole rings is 1. The van der Waals surface area contributed by atoms with Gasteiger partial charge in [0.15, 0.2) is 23.0 Å². The average molecular weight is 592 g/mol. The number of alkyl halides is 3. The maximum atomic E-state index is 12.7. The molecule has 2 aromatic carbocycles. The van der Waals surface area contributed by atoms with Gasteiger partial charge in [0.1, 0.15) is 23.0 Å². The van der Waals surface area contributed by atoms with Crippen molar-refractivity contribution in [2.45, 2.75) is 12.7 Å². The van der Waals surface area contributed by atoms with Crippen molar-refractivity contribution in [2.75, 3.05) is 26.6 Å². The van der Waals surface area contributed by atoms with Crippen LogP contribution in [-0.4, -0.2) is 46.8 Å². The van der Waals surface area contributed by atoms with Gasteiger partial charge in [-0.25, -0.2) is 9.50 Å². The second-order valence-corrected chi connectivity index (χ2v) is 9.12. The van der Waals surface area contributed by atoms with Crippen molar-refractivity contribution in [3.05, 3.63) is 83.3 Å². The van der Waals surface area contributed by atoms with Crippen LogP contribution in [0.25, 0.3) is 16.9 Å². The Bertz CT molecular complexity index is 1800. The lowest BCUT2D eigenvalue weighted by molar-refractivity contribution is -0.141. The highest BCUT2D eigenvalue weighted by Gasteiger charge is 2.32. The van der Waals surface area contributed by atoms with Gasteiger partial charge in [-0.1, -0.05) is 12.1 Å². The lowest BCUT2D eigenvalue weighted by atomic mass is 10.1. The second-order valence-electron chi connectivity index (χ2n) is 9.12. The fourth-order valence-corrected chi connectivity index (χ4v) is 4.36. The van der Waals surface area contributed by atoms with Gasteiger partial charge in [-0.2, -0.15) is 18.4 Å². The Morgan fingerprint density at radius 1 is 1.05 bits per heavy atom. The zero-order chi connectivity index (χ0) is 30.7. The van der Waals surface area contributed by atoms with Crippen LogP contribution in [0.4, 0.5) is 24.7 Å². The first kappa shape index (κ1) is 28.8. The Kier molecular flexibility index (Phi) is 7.80. The Morgan fingerprint density at radius 3 is 2.30 bits per heavy atom. The average Bonchev–Trinajstić information content (AvgIpc) is 3.59. The molecule has 0 bridgehead atoms. The first-order chi connectivity index (χ1) is 20.7. The number of pyridine rings is 1. The maximum Gasteiger partial charge on any atom is 0.433 e. The number of hydrogen-bond acceptors (Lipinski definition) is 8. The Balaban J connectivity index is 1.38. The third kappa shape index (κ3) is 5.73. The number of ether oxygens (including phenoxy) is 3. The molecule has 0 saturated heterocycles. The molecule has 5 rings (SSSR count). The summed E-state index contributed by atoms with van der Waals surface area (Å²) in [4.78, 5) is 20.4. The monoisotopic (exact) mass is 591 g/mol. The number of halogens is 3. The SMILES string of the molecule is COc1cc(-c2nc3c(C#N)c[nH]n3c2Nc2ccc(CNC(=O)c3ccc(C(F)(F)F)nc3)cc2)cc(OC)c1OC. The van der Waals surface area contributed by atoms with E-state index in [4.69, 9.17) is 19.2 Å². The summed E-state index contributed by atoms with van der Waals surface area (Å²) < 4.78 is 56.3. The molecule has 0 aliphatic carbocycles. The van der Waals surface area contributed by atoms with Crippen molar-refractivity contribution < 1.29 is 32.2 Å². The van der Waals surface area contributed by atoms with Gasteiger partial charge in [0.05, 0.1) is 26.9 Å². The second kappa shape index (κ2) is 11.6. The van der Waals surface area contributed by atoms with Crippen LogP contribution in [0.5, 0.6) is 17.2 Å². The van der Waals surface area contributed by atoms with Gasteiger partial charge in [0.25, 0.3) is 5.91 Å². The number of fused-ring (bicyclic) bond motifs is 1. The molecule has 0 fully saturated rings. The zero-order valence-electron chi connectivity index (χ0n) is 23.0. The van der Waals surface area contributed by atoms with Crippen molar-refractivity contribution in [3.63, 3.8) is 0 Å². The minimum Gasteiger partial charge on any atom is -0.493 e. The molecule has 11 nitrogen and oxygen atoms in total. The van der Waals surface area contributed by atoms with Gasteiger partial charge < -0.3 is 24.8 Å². The van der Waals surface area contributed by atoms with Gasteiger partial charge in [-0.15, -0.1) is 0 Å². The van der Waals surface area contributed by atoms with Crippen molar-refractivity contribution in [2.24, 2.45) is 0 Å². The van der Waals surface area contributed by atoms with E-state index in [1.165, 1.54) is 21.3 Å². The largest absolute Gasteiger partial charge is 0.493 e. The van der Waals surface area contributed by atoms with E-state index >= 15 is 0 Å². The van der Waals surface area contributed by atoms with Crippen LogP contribution in [-0.2, 0) is 12.7 Å². The molecule has 3 heterocycles. The molecule has 0 saturated carbocycles. The molecule has 14 heteroatoms. The molecule has 43 heavy (non-hydrogen) atoms. The van der Waals surface area contributed by atoms with E-state index < -0.39 is 17.8 Å². The van der Waals surface area contributed by atoms with Crippen molar-refractivity contribution >= 4 is 23.1 Å². The molecule has 0 aliphatic heterocycles. The summed E-state index contributed by atoms with van der Waals surface area (Å²) in [5, 5.41) is 18.6. The molecule has 0 unspecified atom stereocenters. The van der Waals surface area contributed by atoms with Crippen molar-refractivity contribution in [1.82, 2.24) is 24.9 Å². The molecule has 3 aromatic heterocycles. The van der Waals surface area contributed by atoms with Gasteiger partial charge in [-0.3, -0.25) is 14.9 Å². The molecular formula is C29H24F3N7O4. The van der Waals surface area contributed by atoms with Crippen LogP contribution in [0.2, 0.25) is 0 Å². The topological polar surface area (TPSA) is 139 Å². The fraction of sp³-hybridized carbons (Fsp3) is 0.172.